The lowest BCUT2D eigenvalue weighted by Gasteiger charge is -2.33. The molecule has 0 aromatic heterocycles. The fourth-order valence-corrected chi connectivity index (χ4v) is 2.41. The van der Waals surface area contributed by atoms with Gasteiger partial charge in [-0.25, -0.2) is 0 Å². The van der Waals surface area contributed by atoms with Gasteiger partial charge in [0.05, 0.1) is 12.2 Å². The third-order valence-corrected chi connectivity index (χ3v) is 3.74. The van der Waals surface area contributed by atoms with Gasteiger partial charge in [-0.1, -0.05) is 37.3 Å². The zero-order valence-corrected chi connectivity index (χ0v) is 11.2. The van der Waals surface area contributed by atoms with E-state index in [0.29, 0.717) is 18.5 Å². The molecule has 0 aliphatic carbocycles. The van der Waals surface area contributed by atoms with E-state index in [2.05, 4.69) is 12.2 Å². The van der Waals surface area contributed by atoms with E-state index in [-0.39, 0.29) is 0 Å². The molecule has 0 spiro atoms. The van der Waals surface area contributed by atoms with Gasteiger partial charge in [-0.2, -0.15) is 0 Å². The van der Waals surface area contributed by atoms with Crippen LogP contribution in [0.25, 0.3) is 0 Å². The molecule has 0 bridgehead atoms. The van der Waals surface area contributed by atoms with Crippen LogP contribution in [-0.2, 0) is 10.3 Å². The zero-order chi connectivity index (χ0) is 13.0. The summed E-state index contributed by atoms with van der Waals surface area (Å²) in [6.45, 7) is 6.25. The Morgan fingerprint density at radius 2 is 2.11 bits per heavy atom. The number of hydrogen-bond acceptors (Lipinski definition) is 3. The second kappa shape index (κ2) is 5.83. The molecule has 1 fully saturated rings. The molecule has 3 unspecified atom stereocenters. The average Bonchev–Trinajstić information content (AvgIpc) is 2.39. The summed E-state index contributed by atoms with van der Waals surface area (Å²) in [6.07, 6.45) is 1.02. The molecule has 0 saturated carbocycles. The van der Waals surface area contributed by atoms with Crippen LogP contribution in [0.1, 0.15) is 25.8 Å². The van der Waals surface area contributed by atoms with Gasteiger partial charge in [-0.3, -0.25) is 0 Å². The van der Waals surface area contributed by atoms with Gasteiger partial charge in [0.15, 0.2) is 0 Å². The standard InChI is InChI=1S/C15H23NO2/c1-12-10-18-9-8-14(12)16-11-15(2,17)13-6-4-3-5-7-13/h3-7,12,14,16-17H,8-11H2,1-2H3. The normalized spacial score (nSPS) is 27.7. The lowest BCUT2D eigenvalue weighted by Crippen LogP contribution is -2.46. The molecule has 1 aromatic rings. The number of nitrogens with one attached hydrogen (secondary N) is 1. The molecule has 1 heterocycles. The molecule has 0 amide bonds. The molecule has 1 aromatic carbocycles. The first-order valence-corrected chi connectivity index (χ1v) is 6.68. The third-order valence-electron chi connectivity index (χ3n) is 3.74. The van der Waals surface area contributed by atoms with Crippen molar-refractivity contribution in [1.29, 1.82) is 0 Å². The SMILES string of the molecule is CC1COCCC1NCC(C)(O)c1ccccc1. The Balaban J connectivity index is 1.92. The van der Waals surface area contributed by atoms with Gasteiger partial charge >= 0.3 is 0 Å². The summed E-state index contributed by atoms with van der Waals surface area (Å²) < 4.78 is 5.43. The Kier molecular flexibility index (Phi) is 4.38. The highest BCUT2D eigenvalue weighted by atomic mass is 16.5. The maximum absolute atomic E-state index is 10.5. The van der Waals surface area contributed by atoms with E-state index >= 15 is 0 Å². The van der Waals surface area contributed by atoms with E-state index in [0.717, 1.165) is 25.2 Å². The Labute approximate surface area is 109 Å². The first-order chi connectivity index (χ1) is 8.59. The molecule has 1 aliphatic heterocycles. The summed E-state index contributed by atoms with van der Waals surface area (Å²) in [4.78, 5) is 0. The van der Waals surface area contributed by atoms with Crippen molar-refractivity contribution in [2.45, 2.75) is 31.9 Å². The molecule has 100 valence electrons. The average molecular weight is 249 g/mol. The van der Waals surface area contributed by atoms with Gasteiger partial charge in [-0.15, -0.1) is 0 Å². The highest BCUT2D eigenvalue weighted by molar-refractivity contribution is 5.21. The number of rotatable bonds is 4. The monoisotopic (exact) mass is 249 g/mol. The van der Waals surface area contributed by atoms with Gasteiger partial charge in [-0.05, 0) is 24.8 Å². The van der Waals surface area contributed by atoms with Crippen LogP contribution in [0, 0.1) is 5.92 Å². The summed E-state index contributed by atoms with van der Waals surface area (Å²) in [7, 11) is 0. The minimum Gasteiger partial charge on any atom is -0.384 e. The summed E-state index contributed by atoms with van der Waals surface area (Å²) in [5.41, 5.74) is 0.136. The van der Waals surface area contributed by atoms with Crippen molar-refractivity contribution in [3.63, 3.8) is 0 Å². The second-order valence-electron chi connectivity index (χ2n) is 5.47. The second-order valence-corrected chi connectivity index (χ2v) is 5.47. The summed E-state index contributed by atoms with van der Waals surface area (Å²) in [5, 5.41) is 14.0. The van der Waals surface area contributed by atoms with Crippen LogP contribution in [0.3, 0.4) is 0 Å². The van der Waals surface area contributed by atoms with Crippen molar-refractivity contribution in [2.75, 3.05) is 19.8 Å². The van der Waals surface area contributed by atoms with Gasteiger partial charge in [0.2, 0.25) is 0 Å². The lowest BCUT2D eigenvalue weighted by molar-refractivity contribution is 0.0177. The van der Waals surface area contributed by atoms with Gasteiger partial charge < -0.3 is 15.2 Å². The number of hydrogen-bond donors (Lipinski definition) is 2. The first kappa shape index (κ1) is 13.5. The van der Waals surface area contributed by atoms with Crippen molar-refractivity contribution in [3.05, 3.63) is 35.9 Å². The van der Waals surface area contributed by atoms with Crippen LogP contribution >= 0.6 is 0 Å². The maximum atomic E-state index is 10.5. The van der Waals surface area contributed by atoms with Crippen LogP contribution in [0.2, 0.25) is 0 Å². The molecule has 3 nitrogen and oxygen atoms in total. The number of benzene rings is 1. The predicted molar refractivity (Wildman–Crippen MR) is 72.4 cm³/mol. The van der Waals surface area contributed by atoms with Gasteiger partial charge in [0, 0.05) is 19.2 Å². The molecule has 2 rings (SSSR count). The topological polar surface area (TPSA) is 41.5 Å². The molecule has 1 aliphatic rings. The Hall–Kier alpha value is -0.900. The maximum Gasteiger partial charge on any atom is 0.0992 e. The predicted octanol–water partition coefficient (Wildman–Crippen LogP) is 1.91. The Morgan fingerprint density at radius 1 is 1.39 bits per heavy atom. The highest BCUT2D eigenvalue weighted by Crippen LogP contribution is 2.21. The van der Waals surface area contributed by atoms with E-state index in [1.54, 1.807) is 0 Å². The lowest BCUT2D eigenvalue weighted by atomic mass is 9.93. The molecule has 3 atom stereocenters. The van der Waals surface area contributed by atoms with E-state index in [9.17, 15) is 5.11 Å². The van der Waals surface area contributed by atoms with Crippen LogP contribution < -0.4 is 5.32 Å². The van der Waals surface area contributed by atoms with Crippen LogP contribution in [-0.4, -0.2) is 30.9 Å². The Morgan fingerprint density at radius 3 is 2.78 bits per heavy atom. The largest absolute Gasteiger partial charge is 0.384 e. The van der Waals surface area contributed by atoms with E-state index in [1.807, 2.05) is 37.3 Å². The number of ether oxygens (including phenoxy) is 1. The van der Waals surface area contributed by atoms with Gasteiger partial charge in [0.25, 0.3) is 0 Å². The molecule has 18 heavy (non-hydrogen) atoms. The molecule has 1 saturated heterocycles. The van der Waals surface area contributed by atoms with E-state index in [4.69, 9.17) is 4.74 Å². The fourth-order valence-electron chi connectivity index (χ4n) is 2.41. The van der Waals surface area contributed by atoms with Crippen molar-refractivity contribution in [1.82, 2.24) is 5.32 Å². The van der Waals surface area contributed by atoms with Crippen LogP contribution in [0.4, 0.5) is 0 Å². The van der Waals surface area contributed by atoms with Crippen LogP contribution in [0.15, 0.2) is 30.3 Å². The smallest absolute Gasteiger partial charge is 0.0992 e. The van der Waals surface area contributed by atoms with Crippen LogP contribution in [0.5, 0.6) is 0 Å². The van der Waals surface area contributed by atoms with Crippen molar-refractivity contribution in [3.8, 4) is 0 Å². The van der Waals surface area contributed by atoms with Crippen molar-refractivity contribution >= 4 is 0 Å². The van der Waals surface area contributed by atoms with E-state index < -0.39 is 5.60 Å². The zero-order valence-electron chi connectivity index (χ0n) is 11.2. The minimum atomic E-state index is -0.820. The van der Waals surface area contributed by atoms with E-state index in [1.165, 1.54) is 0 Å². The fraction of sp³-hybridized carbons (Fsp3) is 0.600. The number of aliphatic hydroxyl groups is 1. The highest BCUT2D eigenvalue weighted by Gasteiger charge is 2.27. The summed E-state index contributed by atoms with van der Waals surface area (Å²) in [6, 6.07) is 10.3. The molecule has 2 N–H and O–H groups in total. The van der Waals surface area contributed by atoms with Crippen molar-refractivity contribution < 1.29 is 9.84 Å². The van der Waals surface area contributed by atoms with Crippen molar-refractivity contribution in [2.24, 2.45) is 5.92 Å². The minimum absolute atomic E-state index is 0.439. The molecule has 3 heteroatoms. The quantitative estimate of drug-likeness (QED) is 0.856. The summed E-state index contributed by atoms with van der Waals surface area (Å²) in [5.74, 6) is 0.505. The molecular weight excluding hydrogens is 226 g/mol. The Bertz CT molecular complexity index is 364. The molecule has 0 radical (unpaired) electrons. The summed E-state index contributed by atoms with van der Waals surface area (Å²) >= 11 is 0. The third kappa shape index (κ3) is 3.31. The van der Waals surface area contributed by atoms with Gasteiger partial charge in [0.1, 0.15) is 0 Å². The first-order valence-electron chi connectivity index (χ1n) is 6.68. The molecular formula is C15H23NO2.